The fourth-order valence-corrected chi connectivity index (χ4v) is 4.27. The second kappa shape index (κ2) is 13.3. The molecule has 2 aromatic carbocycles. The maximum absolute atomic E-state index is 12.2. The number of carbonyl (C=O) groups excluding carboxylic acids is 1. The Labute approximate surface area is 248 Å². The van der Waals surface area contributed by atoms with Crippen LogP contribution in [0.1, 0.15) is 37.5 Å². The number of nitrogens with one attached hydrogen (secondary N) is 1. The molecule has 0 bridgehead atoms. The monoisotopic (exact) mass is 591 g/mol. The number of anilines is 1. The van der Waals surface area contributed by atoms with E-state index in [1.807, 2.05) is 50.2 Å². The van der Waals surface area contributed by atoms with Crippen molar-refractivity contribution in [3.63, 3.8) is 0 Å². The zero-order chi connectivity index (χ0) is 28.9. The van der Waals surface area contributed by atoms with Crippen LogP contribution in [0.15, 0.2) is 79.1 Å². The van der Waals surface area contributed by atoms with Crippen LogP contribution in [0.3, 0.4) is 0 Å². The molecule has 1 amide bonds. The molecule has 5 rings (SSSR count). The lowest BCUT2D eigenvalue weighted by molar-refractivity contribution is -0.385. The molecule has 218 valence electrons. The second-order valence-corrected chi connectivity index (χ2v) is 9.95. The van der Waals surface area contributed by atoms with Crippen molar-refractivity contribution in [2.24, 2.45) is 11.7 Å². The molecule has 0 radical (unpaired) electrons. The first kappa shape index (κ1) is 30.2. The average Bonchev–Trinajstić information content (AvgIpc) is 2.98. The van der Waals surface area contributed by atoms with Crippen LogP contribution in [-0.2, 0) is 11.2 Å². The number of carbonyl (C=O) groups is 1. The summed E-state index contributed by atoms with van der Waals surface area (Å²) in [4.78, 5) is 30.8. The number of aromatic nitrogens is 2. The van der Waals surface area contributed by atoms with Crippen molar-refractivity contribution in [2.45, 2.75) is 38.8 Å². The Bertz CT molecular complexity index is 1550. The van der Waals surface area contributed by atoms with Gasteiger partial charge in [-0.3, -0.25) is 14.9 Å². The molecule has 12 heteroatoms. The quantitative estimate of drug-likeness (QED) is 0.167. The Morgan fingerprint density at radius 2 is 1.74 bits per heavy atom. The van der Waals surface area contributed by atoms with Gasteiger partial charge in [0.05, 0.1) is 22.8 Å². The van der Waals surface area contributed by atoms with Gasteiger partial charge in [-0.25, -0.2) is 9.97 Å². The van der Waals surface area contributed by atoms with E-state index in [0.717, 1.165) is 35.9 Å². The molecule has 42 heavy (non-hydrogen) atoms. The smallest absolute Gasteiger partial charge is 0.287 e. The fraction of sp³-hybridized carbons (Fsp3) is 0.233. The Balaban J connectivity index is 0.00000405. The van der Waals surface area contributed by atoms with Gasteiger partial charge in [-0.1, -0.05) is 26.0 Å². The van der Waals surface area contributed by atoms with Crippen molar-refractivity contribution < 1.29 is 23.9 Å². The van der Waals surface area contributed by atoms with Gasteiger partial charge in [0.1, 0.15) is 29.5 Å². The predicted octanol–water partition coefficient (Wildman–Crippen LogP) is 6.38. The summed E-state index contributed by atoms with van der Waals surface area (Å²) < 4.78 is 18.0. The lowest BCUT2D eigenvalue weighted by atomic mass is 9.97. The highest BCUT2D eigenvalue weighted by Crippen LogP contribution is 2.38. The van der Waals surface area contributed by atoms with E-state index in [0.29, 0.717) is 23.1 Å². The normalized spacial score (nSPS) is 14.5. The highest BCUT2D eigenvalue weighted by molar-refractivity contribution is 5.94. The molecule has 11 nitrogen and oxygen atoms in total. The lowest BCUT2D eigenvalue weighted by Crippen LogP contribution is -2.39. The summed E-state index contributed by atoms with van der Waals surface area (Å²) >= 11 is 0. The fourth-order valence-electron chi connectivity index (χ4n) is 4.27. The van der Waals surface area contributed by atoms with Gasteiger partial charge < -0.3 is 25.3 Å². The third kappa shape index (κ3) is 7.31. The molecular formula is C30H30ClN5O6. The molecule has 4 aromatic rings. The number of ether oxygens (including phenoxy) is 3. The third-order valence-electron chi connectivity index (χ3n) is 6.61. The molecule has 3 N–H and O–H groups in total. The molecule has 0 unspecified atom stereocenters. The van der Waals surface area contributed by atoms with Gasteiger partial charge in [-0.15, -0.1) is 12.4 Å². The molecular weight excluding hydrogens is 562 g/mol. The minimum Gasteiger partial charge on any atom is -0.485 e. The summed E-state index contributed by atoms with van der Waals surface area (Å²) in [5, 5.41) is 13.6. The van der Waals surface area contributed by atoms with E-state index in [2.05, 4.69) is 15.3 Å². The maximum Gasteiger partial charge on any atom is 0.287 e. The number of nitro groups is 1. The van der Waals surface area contributed by atoms with Crippen LogP contribution in [0, 0.1) is 16.0 Å². The van der Waals surface area contributed by atoms with Crippen LogP contribution in [0.4, 0.5) is 11.4 Å². The number of pyridine rings is 2. The van der Waals surface area contributed by atoms with Gasteiger partial charge in [0.2, 0.25) is 17.7 Å². The molecule has 1 aliphatic rings. The largest absolute Gasteiger partial charge is 0.485 e. The van der Waals surface area contributed by atoms with Crippen LogP contribution in [-0.4, -0.2) is 26.8 Å². The van der Waals surface area contributed by atoms with Crippen LogP contribution < -0.4 is 25.3 Å². The first-order valence-corrected chi connectivity index (χ1v) is 13.1. The highest BCUT2D eigenvalue weighted by atomic mass is 35.5. The minimum atomic E-state index is -0.597. The highest BCUT2D eigenvalue weighted by Gasteiger charge is 2.23. The van der Waals surface area contributed by atoms with E-state index in [-0.39, 0.29) is 41.9 Å². The molecule has 0 saturated carbocycles. The molecule has 2 atom stereocenters. The van der Waals surface area contributed by atoms with Crippen molar-refractivity contribution >= 4 is 29.7 Å². The Hall–Kier alpha value is -4.74. The standard InChI is InChI=1S/C30H29N5O6.ClH/c1-18(2)29(31)30(36)34-21-7-12-27(32-16-21)40-24-9-11-26-20(15-24)6-10-25(41-26)19-4-3-5-23(14-19)39-28-13-8-22(17-33-28)35(37)38;/h3-5,7-9,11-18,25,29H,6,10,31H2,1-2H3,(H,34,36);1H/t25-,29-;/m0./s1. The van der Waals surface area contributed by atoms with Crippen LogP contribution in [0.5, 0.6) is 29.0 Å². The van der Waals surface area contributed by atoms with Crippen LogP contribution in [0.2, 0.25) is 0 Å². The lowest BCUT2D eigenvalue weighted by Gasteiger charge is -2.27. The Kier molecular flexibility index (Phi) is 9.56. The van der Waals surface area contributed by atoms with Crippen molar-refractivity contribution in [1.29, 1.82) is 0 Å². The topological polar surface area (TPSA) is 152 Å². The number of rotatable bonds is 9. The van der Waals surface area contributed by atoms with Crippen molar-refractivity contribution in [3.8, 4) is 29.0 Å². The van der Waals surface area contributed by atoms with E-state index < -0.39 is 11.0 Å². The SMILES string of the molecule is CC(C)[C@H](N)C(=O)Nc1ccc(Oc2ccc3c(c2)CC[C@@H](c2cccc(Oc4ccc([N+](=O)[O-])cn4)c2)O3)nc1.Cl. The molecule has 2 aromatic heterocycles. The number of nitrogens with two attached hydrogens (primary N) is 1. The first-order valence-electron chi connectivity index (χ1n) is 13.1. The molecule has 0 saturated heterocycles. The number of fused-ring (bicyclic) bond motifs is 1. The molecule has 0 aliphatic carbocycles. The summed E-state index contributed by atoms with van der Waals surface area (Å²) in [6, 6.07) is 18.8. The summed E-state index contributed by atoms with van der Waals surface area (Å²) in [6.45, 7) is 3.78. The Morgan fingerprint density at radius 3 is 2.38 bits per heavy atom. The van der Waals surface area contributed by atoms with Gasteiger partial charge in [0.15, 0.2) is 0 Å². The maximum atomic E-state index is 12.2. The van der Waals surface area contributed by atoms with Crippen molar-refractivity contribution in [1.82, 2.24) is 9.97 Å². The number of halogens is 1. The summed E-state index contributed by atoms with van der Waals surface area (Å²) in [6.07, 6.45) is 4.05. The van der Waals surface area contributed by atoms with Gasteiger partial charge in [-0.05, 0) is 66.3 Å². The zero-order valence-electron chi connectivity index (χ0n) is 22.9. The number of nitrogens with zero attached hydrogens (tertiary/aromatic N) is 3. The van der Waals surface area contributed by atoms with Gasteiger partial charge >= 0.3 is 0 Å². The number of aryl methyl sites for hydroxylation is 1. The average molecular weight is 592 g/mol. The zero-order valence-corrected chi connectivity index (χ0v) is 23.7. The van der Waals surface area contributed by atoms with E-state index in [9.17, 15) is 14.9 Å². The number of hydrogen-bond donors (Lipinski definition) is 2. The molecule has 0 fully saturated rings. The summed E-state index contributed by atoms with van der Waals surface area (Å²) in [5.41, 5.74) is 8.30. The van der Waals surface area contributed by atoms with Gasteiger partial charge in [0.25, 0.3) is 5.69 Å². The van der Waals surface area contributed by atoms with Gasteiger partial charge in [0, 0.05) is 18.2 Å². The third-order valence-corrected chi connectivity index (χ3v) is 6.61. The van der Waals surface area contributed by atoms with E-state index >= 15 is 0 Å². The minimum absolute atomic E-state index is 0. The van der Waals surface area contributed by atoms with Crippen LogP contribution in [0.25, 0.3) is 0 Å². The predicted molar refractivity (Wildman–Crippen MR) is 159 cm³/mol. The number of benzene rings is 2. The first-order chi connectivity index (χ1) is 19.7. The summed E-state index contributed by atoms with van der Waals surface area (Å²) in [7, 11) is 0. The summed E-state index contributed by atoms with van der Waals surface area (Å²) in [5.74, 6) is 2.38. The molecule has 1 aliphatic heterocycles. The van der Waals surface area contributed by atoms with E-state index in [1.165, 1.54) is 18.3 Å². The Morgan fingerprint density at radius 1 is 1.02 bits per heavy atom. The second-order valence-electron chi connectivity index (χ2n) is 9.95. The van der Waals surface area contributed by atoms with E-state index in [1.54, 1.807) is 18.2 Å². The van der Waals surface area contributed by atoms with Crippen molar-refractivity contribution in [3.05, 3.63) is 100 Å². The molecule has 0 spiro atoms. The van der Waals surface area contributed by atoms with E-state index in [4.69, 9.17) is 19.9 Å². The number of amides is 1. The number of hydrogen-bond acceptors (Lipinski definition) is 9. The van der Waals surface area contributed by atoms with Crippen LogP contribution >= 0.6 is 12.4 Å². The van der Waals surface area contributed by atoms with Crippen molar-refractivity contribution in [2.75, 3.05) is 5.32 Å². The van der Waals surface area contributed by atoms with Gasteiger partial charge in [-0.2, -0.15) is 0 Å². The molecule has 3 heterocycles.